The van der Waals surface area contributed by atoms with Gasteiger partial charge in [-0.15, -0.1) is 0 Å². The van der Waals surface area contributed by atoms with Crippen molar-refractivity contribution in [2.75, 3.05) is 7.11 Å². The Kier molecular flexibility index (Phi) is 4.15. The van der Waals surface area contributed by atoms with Crippen molar-refractivity contribution in [3.63, 3.8) is 0 Å². The van der Waals surface area contributed by atoms with Crippen LogP contribution in [0.4, 0.5) is 0 Å². The molecule has 0 unspecified atom stereocenters. The lowest BCUT2D eigenvalue weighted by molar-refractivity contribution is 0.0990. The van der Waals surface area contributed by atoms with Gasteiger partial charge in [0.15, 0.2) is 5.78 Å². The third-order valence-corrected chi connectivity index (χ3v) is 3.49. The van der Waals surface area contributed by atoms with E-state index in [2.05, 4.69) is 15.9 Å². The third kappa shape index (κ3) is 2.79. The van der Waals surface area contributed by atoms with E-state index < -0.39 is 0 Å². The first-order valence-corrected chi connectivity index (χ1v) is 6.41. The van der Waals surface area contributed by atoms with Crippen LogP contribution in [0.1, 0.15) is 15.9 Å². The molecule has 0 atom stereocenters. The first kappa shape index (κ1) is 12.8. The van der Waals surface area contributed by atoms with Gasteiger partial charge in [0.1, 0.15) is 5.75 Å². The SMILES string of the molecule is COc1ccccc1C(=O)Cc1ccccc1Br. The second-order valence-corrected chi connectivity index (χ2v) is 4.75. The van der Waals surface area contributed by atoms with Gasteiger partial charge in [0, 0.05) is 10.9 Å². The summed E-state index contributed by atoms with van der Waals surface area (Å²) in [6.45, 7) is 0. The smallest absolute Gasteiger partial charge is 0.170 e. The van der Waals surface area contributed by atoms with E-state index in [1.165, 1.54) is 0 Å². The number of carbonyl (C=O) groups excluding carboxylic acids is 1. The molecule has 2 rings (SSSR count). The van der Waals surface area contributed by atoms with Gasteiger partial charge in [0.05, 0.1) is 12.7 Å². The first-order chi connectivity index (χ1) is 8.72. The summed E-state index contributed by atoms with van der Waals surface area (Å²) < 4.78 is 6.15. The minimum absolute atomic E-state index is 0.0550. The van der Waals surface area contributed by atoms with Crippen LogP contribution in [0.15, 0.2) is 53.0 Å². The Morgan fingerprint density at radius 1 is 1.11 bits per heavy atom. The van der Waals surface area contributed by atoms with Crippen molar-refractivity contribution < 1.29 is 9.53 Å². The van der Waals surface area contributed by atoms with E-state index in [1.807, 2.05) is 36.4 Å². The fourth-order valence-corrected chi connectivity index (χ4v) is 2.21. The first-order valence-electron chi connectivity index (χ1n) is 5.62. The zero-order valence-corrected chi connectivity index (χ0v) is 11.6. The highest BCUT2D eigenvalue weighted by Gasteiger charge is 2.13. The maximum atomic E-state index is 12.2. The summed E-state index contributed by atoms with van der Waals surface area (Å²) in [7, 11) is 1.57. The quantitative estimate of drug-likeness (QED) is 0.801. The molecule has 0 saturated carbocycles. The molecule has 0 aliphatic rings. The van der Waals surface area contributed by atoms with Gasteiger partial charge in [-0.05, 0) is 23.8 Å². The molecule has 0 saturated heterocycles. The fraction of sp³-hybridized carbons (Fsp3) is 0.133. The van der Waals surface area contributed by atoms with Gasteiger partial charge in [-0.2, -0.15) is 0 Å². The Morgan fingerprint density at radius 2 is 1.78 bits per heavy atom. The van der Waals surface area contributed by atoms with Crippen molar-refractivity contribution in [3.05, 3.63) is 64.1 Å². The number of methoxy groups -OCH3 is 1. The number of halogens is 1. The third-order valence-electron chi connectivity index (χ3n) is 2.72. The van der Waals surface area contributed by atoms with Gasteiger partial charge in [-0.25, -0.2) is 0 Å². The standard InChI is InChI=1S/C15H13BrO2/c1-18-15-9-5-3-7-12(15)14(17)10-11-6-2-4-8-13(11)16/h2-9H,10H2,1H3. The van der Waals surface area contributed by atoms with E-state index in [4.69, 9.17) is 4.74 Å². The van der Waals surface area contributed by atoms with E-state index in [-0.39, 0.29) is 5.78 Å². The predicted octanol–water partition coefficient (Wildman–Crippen LogP) is 3.88. The fourth-order valence-electron chi connectivity index (χ4n) is 1.78. The van der Waals surface area contributed by atoms with Gasteiger partial charge in [0.25, 0.3) is 0 Å². The molecule has 92 valence electrons. The van der Waals surface area contributed by atoms with Crippen molar-refractivity contribution in [2.24, 2.45) is 0 Å². The number of Topliss-reactive ketones (excluding diaryl/α,β-unsaturated/α-hetero) is 1. The van der Waals surface area contributed by atoms with Crippen LogP contribution in [-0.2, 0) is 6.42 Å². The molecular formula is C15H13BrO2. The number of carbonyl (C=O) groups is 1. The Hall–Kier alpha value is -1.61. The number of hydrogen-bond acceptors (Lipinski definition) is 2. The number of ketones is 1. The van der Waals surface area contributed by atoms with Crippen LogP contribution in [0.25, 0.3) is 0 Å². The Labute approximate surface area is 115 Å². The normalized spacial score (nSPS) is 10.1. The lowest BCUT2D eigenvalue weighted by Gasteiger charge is -2.08. The molecule has 3 heteroatoms. The summed E-state index contributed by atoms with van der Waals surface area (Å²) in [6.07, 6.45) is 0.363. The molecule has 0 aliphatic carbocycles. The number of rotatable bonds is 4. The molecule has 0 heterocycles. The number of hydrogen-bond donors (Lipinski definition) is 0. The highest BCUT2D eigenvalue weighted by atomic mass is 79.9. The minimum atomic E-state index is 0.0550. The van der Waals surface area contributed by atoms with Gasteiger partial charge in [0.2, 0.25) is 0 Å². The van der Waals surface area contributed by atoms with E-state index in [0.29, 0.717) is 17.7 Å². The maximum absolute atomic E-state index is 12.2. The van der Waals surface area contributed by atoms with Crippen LogP contribution < -0.4 is 4.74 Å². The van der Waals surface area contributed by atoms with Gasteiger partial charge >= 0.3 is 0 Å². The molecule has 0 spiro atoms. The van der Waals surface area contributed by atoms with Crippen LogP contribution in [-0.4, -0.2) is 12.9 Å². The van der Waals surface area contributed by atoms with Crippen LogP contribution in [0.5, 0.6) is 5.75 Å². The molecule has 2 aromatic rings. The summed E-state index contributed by atoms with van der Waals surface area (Å²) in [5.74, 6) is 0.675. The summed E-state index contributed by atoms with van der Waals surface area (Å²) in [4.78, 5) is 12.2. The van der Waals surface area contributed by atoms with Crippen molar-refractivity contribution in [1.29, 1.82) is 0 Å². The number of ether oxygens (including phenoxy) is 1. The molecule has 0 aromatic heterocycles. The van der Waals surface area contributed by atoms with E-state index in [9.17, 15) is 4.79 Å². The average molecular weight is 305 g/mol. The zero-order chi connectivity index (χ0) is 13.0. The monoisotopic (exact) mass is 304 g/mol. The Balaban J connectivity index is 2.25. The van der Waals surface area contributed by atoms with Crippen LogP contribution in [0.2, 0.25) is 0 Å². The molecule has 2 aromatic carbocycles. The molecule has 0 aliphatic heterocycles. The molecule has 2 nitrogen and oxygen atoms in total. The topological polar surface area (TPSA) is 26.3 Å². The number of benzene rings is 2. The minimum Gasteiger partial charge on any atom is -0.496 e. The lowest BCUT2D eigenvalue weighted by atomic mass is 10.0. The number of para-hydroxylation sites is 1. The molecule has 18 heavy (non-hydrogen) atoms. The van der Waals surface area contributed by atoms with Crippen molar-refractivity contribution in [3.8, 4) is 5.75 Å². The zero-order valence-electron chi connectivity index (χ0n) is 10.0. The van der Waals surface area contributed by atoms with Crippen molar-refractivity contribution in [2.45, 2.75) is 6.42 Å². The largest absolute Gasteiger partial charge is 0.496 e. The Morgan fingerprint density at radius 3 is 2.50 bits per heavy atom. The predicted molar refractivity (Wildman–Crippen MR) is 75.2 cm³/mol. The molecule has 0 radical (unpaired) electrons. The lowest BCUT2D eigenvalue weighted by Crippen LogP contribution is -2.06. The van der Waals surface area contributed by atoms with Gasteiger partial charge in [-0.1, -0.05) is 46.3 Å². The van der Waals surface area contributed by atoms with Gasteiger partial charge < -0.3 is 4.74 Å². The van der Waals surface area contributed by atoms with Crippen LogP contribution in [0.3, 0.4) is 0 Å². The Bertz CT molecular complexity index is 564. The summed E-state index contributed by atoms with van der Waals surface area (Å²) >= 11 is 3.45. The second kappa shape index (κ2) is 5.83. The molecule has 0 amide bonds. The van der Waals surface area contributed by atoms with Crippen LogP contribution >= 0.6 is 15.9 Å². The van der Waals surface area contributed by atoms with E-state index in [0.717, 1.165) is 10.0 Å². The maximum Gasteiger partial charge on any atom is 0.170 e. The van der Waals surface area contributed by atoms with Gasteiger partial charge in [-0.3, -0.25) is 4.79 Å². The second-order valence-electron chi connectivity index (χ2n) is 3.89. The molecular weight excluding hydrogens is 292 g/mol. The van der Waals surface area contributed by atoms with E-state index in [1.54, 1.807) is 19.2 Å². The molecule has 0 N–H and O–H groups in total. The average Bonchev–Trinajstić information content (AvgIpc) is 2.41. The highest BCUT2D eigenvalue weighted by molar-refractivity contribution is 9.10. The van der Waals surface area contributed by atoms with Crippen LogP contribution in [0, 0.1) is 0 Å². The van der Waals surface area contributed by atoms with Crippen molar-refractivity contribution in [1.82, 2.24) is 0 Å². The highest BCUT2D eigenvalue weighted by Crippen LogP contribution is 2.22. The summed E-state index contributed by atoms with van der Waals surface area (Å²) in [5, 5.41) is 0. The molecule has 0 bridgehead atoms. The summed E-state index contributed by atoms with van der Waals surface area (Å²) in [6, 6.07) is 15.0. The van der Waals surface area contributed by atoms with Crippen molar-refractivity contribution >= 4 is 21.7 Å². The summed E-state index contributed by atoms with van der Waals surface area (Å²) in [5.41, 5.74) is 1.60. The van der Waals surface area contributed by atoms with E-state index >= 15 is 0 Å². The molecule has 0 fully saturated rings.